The number of hydrogen-bond donors (Lipinski definition) is 0. The molecule has 1 aliphatic rings. The Morgan fingerprint density at radius 3 is 2.72 bits per heavy atom. The molecule has 0 radical (unpaired) electrons. The van der Waals surface area contributed by atoms with Gasteiger partial charge < -0.3 is 9.80 Å². The molecule has 0 bridgehead atoms. The number of nitriles is 1. The Kier molecular flexibility index (Phi) is 3.72. The number of nitrogens with zero attached hydrogens (tertiary/aromatic N) is 5. The van der Waals surface area contributed by atoms with E-state index in [-0.39, 0.29) is 5.91 Å². The predicted octanol–water partition coefficient (Wildman–Crippen LogP) is 0.407. The smallest absolute Gasteiger partial charge is 0.219 e. The van der Waals surface area contributed by atoms with Gasteiger partial charge >= 0.3 is 0 Å². The Morgan fingerprint density at radius 2 is 2.11 bits per heavy atom. The second-order valence-corrected chi connectivity index (χ2v) is 4.22. The third-order valence-corrected chi connectivity index (χ3v) is 3.02. The lowest BCUT2D eigenvalue weighted by atomic mass is 10.4. The van der Waals surface area contributed by atoms with Crippen LogP contribution in [0.1, 0.15) is 19.0 Å². The largest absolute Gasteiger partial charge is 0.354 e. The first-order valence-corrected chi connectivity index (χ1v) is 5.93. The zero-order valence-electron chi connectivity index (χ0n) is 10.3. The quantitative estimate of drug-likeness (QED) is 0.716. The van der Waals surface area contributed by atoms with Gasteiger partial charge in [-0.1, -0.05) is 0 Å². The fraction of sp³-hybridized carbons (Fsp3) is 0.500. The van der Waals surface area contributed by atoms with Crippen LogP contribution < -0.4 is 4.90 Å². The molecule has 0 atom stereocenters. The molecule has 1 aromatic rings. The SMILES string of the molecule is CC(=O)N1CCCN(c2cnc(C#N)cn2)CC1. The number of aromatic nitrogens is 2. The maximum Gasteiger partial charge on any atom is 0.219 e. The molecule has 0 aliphatic carbocycles. The van der Waals surface area contributed by atoms with Crippen LogP contribution >= 0.6 is 0 Å². The van der Waals surface area contributed by atoms with E-state index in [2.05, 4.69) is 14.9 Å². The summed E-state index contributed by atoms with van der Waals surface area (Å²) < 4.78 is 0. The second-order valence-electron chi connectivity index (χ2n) is 4.22. The molecule has 1 aliphatic heterocycles. The highest BCUT2D eigenvalue weighted by molar-refractivity contribution is 5.73. The molecule has 94 valence electrons. The fourth-order valence-corrected chi connectivity index (χ4v) is 2.00. The molecule has 0 N–H and O–H groups in total. The summed E-state index contributed by atoms with van der Waals surface area (Å²) >= 11 is 0. The molecule has 0 unspecified atom stereocenters. The highest BCUT2D eigenvalue weighted by Gasteiger charge is 2.17. The van der Waals surface area contributed by atoms with Crippen molar-refractivity contribution in [2.24, 2.45) is 0 Å². The minimum Gasteiger partial charge on any atom is -0.354 e. The standard InChI is InChI=1S/C12H15N5O/c1-10(18)16-3-2-4-17(6-5-16)12-9-14-11(7-13)8-15-12/h8-9H,2-6H2,1H3. The summed E-state index contributed by atoms with van der Waals surface area (Å²) in [5.74, 6) is 0.877. The topological polar surface area (TPSA) is 73.1 Å². The molecule has 1 aromatic heterocycles. The van der Waals surface area contributed by atoms with Crippen molar-refractivity contribution >= 4 is 11.7 Å². The summed E-state index contributed by atoms with van der Waals surface area (Å²) in [6.07, 6.45) is 4.01. The molecule has 1 fully saturated rings. The van der Waals surface area contributed by atoms with E-state index < -0.39 is 0 Å². The summed E-state index contributed by atoms with van der Waals surface area (Å²) in [7, 11) is 0. The van der Waals surface area contributed by atoms with Crippen LogP contribution in [0.2, 0.25) is 0 Å². The summed E-state index contributed by atoms with van der Waals surface area (Å²) in [6, 6.07) is 1.95. The maximum atomic E-state index is 11.3. The monoisotopic (exact) mass is 245 g/mol. The first-order chi connectivity index (χ1) is 8.70. The molecule has 6 heteroatoms. The summed E-state index contributed by atoms with van der Waals surface area (Å²) in [4.78, 5) is 23.5. The summed E-state index contributed by atoms with van der Waals surface area (Å²) in [5.41, 5.74) is 0.318. The molecule has 2 rings (SSSR count). The fourth-order valence-electron chi connectivity index (χ4n) is 2.00. The van der Waals surface area contributed by atoms with Crippen LogP contribution in [0.4, 0.5) is 5.82 Å². The van der Waals surface area contributed by atoms with Crippen molar-refractivity contribution in [2.45, 2.75) is 13.3 Å². The van der Waals surface area contributed by atoms with Crippen molar-refractivity contribution < 1.29 is 4.79 Å². The van der Waals surface area contributed by atoms with E-state index in [1.165, 1.54) is 6.20 Å². The van der Waals surface area contributed by atoms with Gasteiger partial charge in [0.05, 0.1) is 12.4 Å². The Hall–Kier alpha value is -2.16. The molecule has 18 heavy (non-hydrogen) atoms. The lowest BCUT2D eigenvalue weighted by Crippen LogP contribution is -2.33. The molecule has 6 nitrogen and oxygen atoms in total. The van der Waals surface area contributed by atoms with Crippen LogP contribution in [-0.2, 0) is 4.79 Å². The van der Waals surface area contributed by atoms with Crippen LogP contribution in [0.15, 0.2) is 12.4 Å². The average molecular weight is 245 g/mol. The Morgan fingerprint density at radius 1 is 1.28 bits per heavy atom. The van der Waals surface area contributed by atoms with Gasteiger partial charge in [0.1, 0.15) is 11.9 Å². The lowest BCUT2D eigenvalue weighted by Gasteiger charge is -2.21. The number of amides is 1. The highest BCUT2D eigenvalue weighted by Crippen LogP contribution is 2.12. The first-order valence-electron chi connectivity index (χ1n) is 5.93. The minimum atomic E-state index is 0.114. The average Bonchev–Trinajstić information content (AvgIpc) is 2.64. The zero-order chi connectivity index (χ0) is 13.0. The zero-order valence-corrected chi connectivity index (χ0v) is 10.3. The number of carbonyl (C=O) groups is 1. The van der Waals surface area contributed by atoms with E-state index in [1.807, 2.05) is 11.0 Å². The van der Waals surface area contributed by atoms with Crippen LogP contribution in [0.25, 0.3) is 0 Å². The third kappa shape index (κ3) is 2.74. The van der Waals surface area contributed by atoms with Crippen molar-refractivity contribution in [3.63, 3.8) is 0 Å². The van der Waals surface area contributed by atoms with E-state index >= 15 is 0 Å². The lowest BCUT2D eigenvalue weighted by molar-refractivity contribution is -0.128. The molecule has 1 amide bonds. The summed E-state index contributed by atoms with van der Waals surface area (Å²) in [5, 5.41) is 8.67. The molecule has 0 spiro atoms. The van der Waals surface area contributed by atoms with Gasteiger partial charge in [-0.3, -0.25) is 4.79 Å². The van der Waals surface area contributed by atoms with E-state index in [0.717, 1.165) is 31.9 Å². The third-order valence-electron chi connectivity index (χ3n) is 3.02. The van der Waals surface area contributed by atoms with Gasteiger partial charge in [0, 0.05) is 33.1 Å². The molecule has 2 heterocycles. The Bertz CT molecular complexity index is 464. The Labute approximate surface area is 106 Å². The van der Waals surface area contributed by atoms with Crippen LogP contribution in [0.5, 0.6) is 0 Å². The number of carbonyl (C=O) groups excluding carboxylic acids is 1. The molecular formula is C12H15N5O. The molecule has 1 saturated heterocycles. The first kappa shape index (κ1) is 12.3. The van der Waals surface area contributed by atoms with Crippen LogP contribution in [0, 0.1) is 11.3 Å². The van der Waals surface area contributed by atoms with E-state index in [1.54, 1.807) is 13.1 Å². The van der Waals surface area contributed by atoms with Crippen molar-refractivity contribution in [3.05, 3.63) is 18.1 Å². The van der Waals surface area contributed by atoms with Gasteiger partial charge in [0.2, 0.25) is 5.91 Å². The van der Waals surface area contributed by atoms with Gasteiger partial charge in [-0.2, -0.15) is 5.26 Å². The van der Waals surface area contributed by atoms with Gasteiger partial charge in [0.15, 0.2) is 5.69 Å². The van der Waals surface area contributed by atoms with Crippen molar-refractivity contribution in [3.8, 4) is 6.07 Å². The van der Waals surface area contributed by atoms with Crippen molar-refractivity contribution in [1.82, 2.24) is 14.9 Å². The van der Waals surface area contributed by atoms with Gasteiger partial charge in [-0.05, 0) is 6.42 Å². The predicted molar refractivity (Wildman–Crippen MR) is 65.8 cm³/mol. The van der Waals surface area contributed by atoms with Gasteiger partial charge in [0.25, 0.3) is 0 Å². The molecule has 0 aromatic carbocycles. The number of anilines is 1. The normalized spacial score (nSPS) is 16.0. The number of rotatable bonds is 1. The Balaban J connectivity index is 2.05. The van der Waals surface area contributed by atoms with Crippen LogP contribution in [-0.4, -0.2) is 47.0 Å². The summed E-state index contributed by atoms with van der Waals surface area (Å²) in [6.45, 7) is 4.69. The van der Waals surface area contributed by atoms with Crippen molar-refractivity contribution in [2.75, 3.05) is 31.1 Å². The van der Waals surface area contributed by atoms with E-state index in [0.29, 0.717) is 12.2 Å². The van der Waals surface area contributed by atoms with Gasteiger partial charge in [-0.15, -0.1) is 0 Å². The van der Waals surface area contributed by atoms with Crippen molar-refractivity contribution in [1.29, 1.82) is 5.26 Å². The maximum absolute atomic E-state index is 11.3. The van der Waals surface area contributed by atoms with Crippen LogP contribution in [0.3, 0.4) is 0 Å². The number of hydrogen-bond acceptors (Lipinski definition) is 5. The highest BCUT2D eigenvalue weighted by atomic mass is 16.2. The van der Waals surface area contributed by atoms with Gasteiger partial charge in [-0.25, -0.2) is 9.97 Å². The van der Waals surface area contributed by atoms with E-state index in [4.69, 9.17) is 5.26 Å². The molecule has 0 saturated carbocycles. The second kappa shape index (κ2) is 5.45. The molecular weight excluding hydrogens is 230 g/mol. The van der Waals surface area contributed by atoms with E-state index in [9.17, 15) is 4.79 Å². The minimum absolute atomic E-state index is 0.114.